The zero-order valence-electron chi connectivity index (χ0n) is 9.92. The molecule has 0 aromatic carbocycles. The fourth-order valence-corrected chi connectivity index (χ4v) is 2.20. The van der Waals surface area contributed by atoms with Crippen molar-refractivity contribution < 1.29 is 4.74 Å². The highest BCUT2D eigenvalue weighted by molar-refractivity contribution is 7.99. The van der Waals surface area contributed by atoms with E-state index in [1.807, 2.05) is 6.92 Å². The topological polar surface area (TPSA) is 60.8 Å². The number of methoxy groups -OCH3 is 1. The molecule has 18 heavy (non-hydrogen) atoms. The van der Waals surface area contributed by atoms with Crippen molar-refractivity contribution in [3.05, 3.63) is 35.0 Å². The van der Waals surface area contributed by atoms with Gasteiger partial charge in [0.2, 0.25) is 0 Å². The molecule has 0 saturated heterocycles. The van der Waals surface area contributed by atoms with E-state index in [1.165, 1.54) is 11.8 Å². The molecule has 2 aromatic heterocycles. The molecule has 0 aliphatic heterocycles. The lowest BCUT2D eigenvalue weighted by Crippen LogP contribution is -1.98. The Bertz CT molecular complexity index is 535. The van der Waals surface area contributed by atoms with Crippen molar-refractivity contribution in [3.8, 4) is 0 Å². The molecule has 2 heterocycles. The molecule has 0 aliphatic carbocycles. The summed E-state index contributed by atoms with van der Waals surface area (Å²) in [6.07, 6.45) is 3.52. The molecule has 0 unspecified atom stereocenters. The van der Waals surface area contributed by atoms with E-state index in [-0.39, 0.29) is 0 Å². The van der Waals surface area contributed by atoms with E-state index in [9.17, 15) is 0 Å². The van der Waals surface area contributed by atoms with Crippen molar-refractivity contribution in [2.45, 2.75) is 23.7 Å². The number of hydrogen-bond acceptors (Lipinski definition) is 6. The largest absolute Gasteiger partial charge is 0.377 e. The Balaban J connectivity index is 2.20. The fourth-order valence-electron chi connectivity index (χ4n) is 1.21. The van der Waals surface area contributed by atoms with Crippen LogP contribution in [0, 0.1) is 6.92 Å². The van der Waals surface area contributed by atoms with Crippen LogP contribution in [0.1, 0.15) is 11.4 Å². The van der Waals surface area contributed by atoms with Crippen LogP contribution in [0.4, 0.5) is 0 Å². The van der Waals surface area contributed by atoms with Crippen LogP contribution in [0.15, 0.2) is 28.6 Å². The second-order valence-electron chi connectivity index (χ2n) is 3.52. The molecule has 0 atom stereocenters. The number of aromatic nitrogens is 4. The third-order valence-electron chi connectivity index (χ3n) is 1.94. The molecule has 0 spiro atoms. The van der Waals surface area contributed by atoms with Crippen LogP contribution in [0.5, 0.6) is 0 Å². The van der Waals surface area contributed by atoms with E-state index in [0.717, 1.165) is 5.56 Å². The predicted octanol–water partition coefficient (Wildman–Crippen LogP) is 2.53. The number of nitrogens with zero attached hydrogens (tertiary/aromatic N) is 4. The molecule has 2 rings (SSSR count). The van der Waals surface area contributed by atoms with Gasteiger partial charge in [-0.15, -0.1) is 0 Å². The van der Waals surface area contributed by atoms with Gasteiger partial charge in [0.15, 0.2) is 11.0 Å². The summed E-state index contributed by atoms with van der Waals surface area (Å²) in [5.74, 6) is 0.541. The van der Waals surface area contributed by atoms with E-state index in [4.69, 9.17) is 16.3 Å². The van der Waals surface area contributed by atoms with Gasteiger partial charge in [-0.3, -0.25) is 0 Å². The maximum absolute atomic E-state index is 5.92. The van der Waals surface area contributed by atoms with Gasteiger partial charge in [-0.05, 0) is 24.2 Å². The van der Waals surface area contributed by atoms with Gasteiger partial charge in [0.25, 0.3) is 0 Å². The maximum Gasteiger partial charge on any atom is 0.193 e. The van der Waals surface area contributed by atoms with Crippen LogP contribution in [-0.2, 0) is 11.3 Å². The van der Waals surface area contributed by atoms with Crippen molar-refractivity contribution in [1.29, 1.82) is 0 Å². The molecule has 5 nitrogen and oxygen atoms in total. The van der Waals surface area contributed by atoms with Gasteiger partial charge >= 0.3 is 0 Å². The quantitative estimate of drug-likeness (QED) is 0.634. The third kappa shape index (κ3) is 3.63. The summed E-state index contributed by atoms with van der Waals surface area (Å²) in [5.41, 5.74) is 1.01. The van der Waals surface area contributed by atoms with Gasteiger partial charge < -0.3 is 4.74 Å². The summed E-state index contributed by atoms with van der Waals surface area (Å²) in [5, 5.41) is 1.70. The second-order valence-corrected chi connectivity index (χ2v) is 4.90. The Morgan fingerprint density at radius 2 is 2.00 bits per heavy atom. The smallest absolute Gasteiger partial charge is 0.193 e. The van der Waals surface area contributed by atoms with Crippen LogP contribution in [0.25, 0.3) is 0 Å². The number of hydrogen-bond donors (Lipinski definition) is 0. The third-order valence-corrected chi connectivity index (χ3v) is 2.95. The van der Waals surface area contributed by atoms with Crippen LogP contribution in [0.2, 0.25) is 5.15 Å². The number of ether oxygens (including phenoxy) is 1. The zero-order valence-corrected chi connectivity index (χ0v) is 11.5. The molecular formula is C11H11ClN4OS. The average molecular weight is 283 g/mol. The lowest BCUT2D eigenvalue weighted by molar-refractivity contribution is 0.177. The van der Waals surface area contributed by atoms with Crippen LogP contribution >= 0.6 is 23.4 Å². The van der Waals surface area contributed by atoms with Crippen molar-refractivity contribution in [2.24, 2.45) is 0 Å². The molecular weight excluding hydrogens is 272 g/mol. The molecule has 0 fully saturated rings. The van der Waals surface area contributed by atoms with Gasteiger partial charge in [-0.2, -0.15) is 0 Å². The normalized spacial score (nSPS) is 10.6. The summed E-state index contributed by atoms with van der Waals surface area (Å²) in [7, 11) is 1.58. The molecule has 2 aromatic rings. The molecule has 0 aliphatic rings. The Hall–Kier alpha value is -1.24. The van der Waals surface area contributed by atoms with Gasteiger partial charge in [0, 0.05) is 25.6 Å². The molecule has 94 valence electrons. The van der Waals surface area contributed by atoms with E-state index in [2.05, 4.69) is 19.9 Å². The minimum absolute atomic E-state index is 0.322. The zero-order chi connectivity index (χ0) is 13.0. The molecule has 0 radical (unpaired) electrons. The molecule has 7 heteroatoms. The fraction of sp³-hybridized carbons (Fsp3) is 0.273. The summed E-state index contributed by atoms with van der Waals surface area (Å²) < 4.78 is 4.98. The van der Waals surface area contributed by atoms with Gasteiger partial charge in [0.1, 0.15) is 16.8 Å². The van der Waals surface area contributed by atoms with E-state index in [0.29, 0.717) is 27.8 Å². The van der Waals surface area contributed by atoms with E-state index >= 15 is 0 Å². The number of halogens is 1. The Morgan fingerprint density at radius 1 is 1.28 bits per heavy atom. The highest BCUT2D eigenvalue weighted by atomic mass is 35.5. The minimum atomic E-state index is 0.322. The Kier molecular flexibility index (Phi) is 4.46. The summed E-state index contributed by atoms with van der Waals surface area (Å²) in [6, 6.07) is 1.68. The predicted molar refractivity (Wildman–Crippen MR) is 68.6 cm³/mol. The van der Waals surface area contributed by atoms with Crippen LogP contribution < -0.4 is 0 Å². The highest BCUT2D eigenvalue weighted by Gasteiger charge is 2.06. The Morgan fingerprint density at radius 3 is 2.67 bits per heavy atom. The standard InChI is InChI=1S/C11H11ClN4OS/c1-7-4-13-11(14-5-7)18-10-3-8(12)15-9(16-10)6-17-2/h3-5H,6H2,1-2H3. The molecule has 0 amide bonds. The monoisotopic (exact) mass is 282 g/mol. The molecule has 0 N–H and O–H groups in total. The number of rotatable bonds is 4. The lowest BCUT2D eigenvalue weighted by Gasteiger charge is -2.03. The van der Waals surface area contributed by atoms with Gasteiger partial charge in [-0.1, -0.05) is 11.6 Å². The summed E-state index contributed by atoms with van der Waals surface area (Å²) in [6.45, 7) is 2.26. The molecule has 0 bridgehead atoms. The second kappa shape index (κ2) is 6.08. The maximum atomic E-state index is 5.92. The van der Waals surface area contributed by atoms with Gasteiger partial charge in [0.05, 0.1) is 0 Å². The van der Waals surface area contributed by atoms with Crippen molar-refractivity contribution >= 4 is 23.4 Å². The number of aryl methyl sites for hydroxylation is 1. The summed E-state index contributed by atoms with van der Waals surface area (Å²) in [4.78, 5) is 16.7. The van der Waals surface area contributed by atoms with E-state index in [1.54, 1.807) is 25.6 Å². The highest BCUT2D eigenvalue weighted by Crippen LogP contribution is 2.24. The minimum Gasteiger partial charge on any atom is -0.377 e. The summed E-state index contributed by atoms with van der Waals surface area (Å²) >= 11 is 7.25. The first-order chi connectivity index (χ1) is 8.67. The Labute approximate surface area is 114 Å². The van der Waals surface area contributed by atoms with Crippen LogP contribution in [-0.4, -0.2) is 27.0 Å². The first kappa shape index (κ1) is 13.2. The lowest BCUT2D eigenvalue weighted by atomic mass is 10.4. The SMILES string of the molecule is COCc1nc(Cl)cc(Sc2ncc(C)cn2)n1. The van der Waals surface area contributed by atoms with Crippen molar-refractivity contribution in [1.82, 2.24) is 19.9 Å². The van der Waals surface area contributed by atoms with Crippen LogP contribution in [0.3, 0.4) is 0 Å². The van der Waals surface area contributed by atoms with Crippen molar-refractivity contribution in [3.63, 3.8) is 0 Å². The average Bonchev–Trinajstić information content (AvgIpc) is 2.32. The van der Waals surface area contributed by atoms with Gasteiger partial charge in [-0.25, -0.2) is 19.9 Å². The first-order valence-corrected chi connectivity index (χ1v) is 6.35. The molecule has 0 saturated carbocycles. The first-order valence-electron chi connectivity index (χ1n) is 5.16. The van der Waals surface area contributed by atoms with Crippen molar-refractivity contribution in [2.75, 3.05) is 7.11 Å². The van der Waals surface area contributed by atoms with E-state index < -0.39 is 0 Å².